The van der Waals surface area contributed by atoms with Gasteiger partial charge in [0.05, 0.1) is 6.26 Å². The van der Waals surface area contributed by atoms with Crippen LogP contribution in [-0.4, -0.2) is 54.3 Å². The van der Waals surface area contributed by atoms with Crippen LogP contribution in [0.15, 0.2) is 18.5 Å². The molecule has 20 heavy (non-hydrogen) atoms. The number of hydrogen-bond donors (Lipinski definition) is 1. The number of hydrogen-bond acceptors (Lipinski definition) is 4. The second kappa shape index (κ2) is 6.36. The van der Waals surface area contributed by atoms with Gasteiger partial charge in [-0.1, -0.05) is 0 Å². The van der Waals surface area contributed by atoms with Crippen LogP contribution in [0.1, 0.15) is 12.8 Å². The standard InChI is InChI=1S/C12H20N4O3S/c1-20(18,19)16-7-3-11(4-8-16)9-13-12(17)10-15-6-2-5-14-15/h2,5-6,11H,3-4,7-10H2,1H3,(H,13,17). The van der Waals surface area contributed by atoms with Crippen LogP contribution >= 0.6 is 0 Å². The van der Waals surface area contributed by atoms with Crippen molar-refractivity contribution >= 4 is 15.9 Å². The number of carbonyl (C=O) groups excluding carboxylic acids is 1. The minimum atomic E-state index is -3.08. The second-order valence-corrected chi connectivity index (χ2v) is 7.10. The summed E-state index contributed by atoms with van der Waals surface area (Å²) >= 11 is 0. The Labute approximate surface area is 119 Å². The summed E-state index contributed by atoms with van der Waals surface area (Å²) < 4.78 is 25.8. The van der Waals surface area contributed by atoms with Gasteiger partial charge in [-0.2, -0.15) is 5.10 Å². The summed E-state index contributed by atoms with van der Waals surface area (Å²) in [4.78, 5) is 11.7. The fourth-order valence-corrected chi connectivity index (χ4v) is 3.17. The van der Waals surface area contributed by atoms with Crippen LogP contribution < -0.4 is 5.32 Å². The predicted octanol–water partition coefficient (Wildman–Crippen LogP) is -0.329. The molecule has 1 aromatic rings. The normalized spacial score (nSPS) is 18.1. The SMILES string of the molecule is CS(=O)(=O)N1CCC(CNC(=O)Cn2cccn2)CC1. The largest absolute Gasteiger partial charge is 0.354 e. The fraction of sp³-hybridized carbons (Fsp3) is 0.667. The Bertz CT molecular complexity index is 533. The van der Waals surface area contributed by atoms with Gasteiger partial charge in [0.1, 0.15) is 6.54 Å². The third-order valence-corrected chi connectivity index (χ3v) is 4.80. The molecular weight excluding hydrogens is 280 g/mol. The van der Waals surface area contributed by atoms with E-state index in [-0.39, 0.29) is 12.5 Å². The molecule has 1 aliphatic heterocycles. The molecule has 1 amide bonds. The summed E-state index contributed by atoms with van der Waals surface area (Å²) in [5.74, 6) is 0.272. The molecule has 1 aromatic heterocycles. The van der Waals surface area contributed by atoms with Gasteiger partial charge in [-0.25, -0.2) is 12.7 Å². The van der Waals surface area contributed by atoms with Crippen LogP contribution in [0.2, 0.25) is 0 Å². The Hall–Kier alpha value is -1.41. The quantitative estimate of drug-likeness (QED) is 0.807. The zero-order chi connectivity index (χ0) is 14.6. The molecule has 112 valence electrons. The smallest absolute Gasteiger partial charge is 0.241 e. The molecule has 0 spiro atoms. The highest BCUT2D eigenvalue weighted by Crippen LogP contribution is 2.18. The van der Waals surface area contributed by atoms with Crippen LogP contribution in [0.3, 0.4) is 0 Å². The summed E-state index contributed by atoms with van der Waals surface area (Å²) in [5, 5.41) is 6.85. The average Bonchev–Trinajstić information content (AvgIpc) is 2.88. The molecule has 0 aliphatic carbocycles. The molecule has 1 N–H and O–H groups in total. The van der Waals surface area contributed by atoms with Gasteiger partial charge in [0.25, 0.3) is 0 Å². The van der Waals surface area contributed by atoms with E-state index in [4.69, 9.17) is 0 Å². The number of aromatic nitrogens is 2. The van der Waals surface area contributed by atoms with E-state index >= 15 is 0 Å². The summed E-state index contributed by atoms with van der Waals surface area (Å²) in [5.41, 5.74) is 0. The number of piperidine rings is 1. The zero-order valence-corrected chi connectivity index (χ0v) is 12.3. The maximum atomic E-state index is 11.7. The molecule has 2 heterocycles. The number of amides is 1. The highest BCUT2D eigenvalue weighted by molar-refractivity contribution is 7.88. The van der Waals surface area contributed by atoms with Crippen molar-refractivity contribution < 1.29 is 13.2 Å². The van der Waals surface area contributed by atoms with E-state index in [9.17, 15) is 13.2 Å². The Morgan fingerprint density at radius 2 is 2.10 bits per heavy atom. The first-order valence-corrected chi connectivity index (χ1v) is 8.49. The van der Waals surface area contributed by atoms with Crippen LogP contribution in [0.25, 0.3) is 0 Å². The first-order valence-electron chi connectivity index (χ1n) is 6.64. The molecule has 0 radical (unpaired) electrons. The van der Waals surface area contributed by atoms with Crippen LogP contribution in [0, 0.1) is 5.92 Å². The molecule has 0 aromatic carbocycles. The van der Waals surface area contributed by atoms with Crippen molar-refractivity contribution in [2.45, 2.75) is 19.4 Å². The molecule has 0 unspecified atom stereocenters. The lowest BCUT2D eigenvalue weighted by Crippen LogP contribution is -2.41. The van der Waals surface area contributed by atoms with Gasteiger partial charge in [0.15, 0.2) is 0 Å². The van der Waals surface area contributed by atoms with Crippen molar-refractivity contribution in [3.05, 3.63) is 18.5 Å². The Morgan fingerprint density at radius 1 is 1.40 bits per heavy atom. The summed E-state index contributed by atoms with van der Waals surface area (Å²) in [7, 11) is -3.08. The molecule has 1 saturated heterocycles. The van der Waals surface area contributed by atoms with Crippen molar-refractivity contribution in [3.8, 4) is 0 Å². The Kier molecular flexibility index (Phi) is 4.77. The van der Waals surface area contributed by atoms with Crippen LogP contribution in [0.5, 0.6) is 0 Å². The molecule has 0 atom stereocenters. The summed E-state index contributed by atoms with van der Waals surface area (Å²) in [6.07, 6.45) is 6.18. The predicted molar refractivity (Wildman–Crippen MR) is 74.4 cm³/mol. The second-order valence-electron chi connectivity index (χ2n) is 5.11. The van der Waals surface area contributed by atoms with Gasteiger partial charge in [-0.05, 0) is 24.8 Å². The highest BCUT2D eigenvalue weighted by Gasteiger charge is 2.24. The van der Waals surface area contributed by atoms with Crippen LogP contribution in [0.4, 0.5) is 0 Å². The van der Waals surface area contributed by atoms with E-state index in [2.05, 4.69) is 10.4 Å². The van der Waals surface area contributed by atoms with Gasteiger partial charge < -0.3 is 5.32 Å². The third-order valence-electron chi connectivity index (χ3n) is 3.50. The Balaban J connectivity index is 1.70. The first-order chi connectivity index (χ1) is 9.45. The van der Waals surface area contributed by atoms with E-state index < -0.39 is 10.0 Å². The van der Waals surface area contributed by atoms with E-state index in [0.29, 0.717) is 25.6 Å². The molecule has 0 bridgehead atoms. The molecule has 0 saturated carbocycles. The minimum Gasteiger partial charge on any atom is -0.354 e. The van der Waals surface area contributed by atoms with Gasteiger partial charge >= 0.3 is 0 Å². The zero-order valence-electron chi connectivity index (χ0n) is 11.5. The van der Waals surface area contributed by atoms with E-state index in [1.807, 2.05) is 0 Å². The van der Waals surface area contributed by atoms with Crippen molar-refractivity contribution in [2.75, 3.05) is 25.9 Å². The van der Waals surface area contributed by atoms with Gasteiger partial charge in [0, 0.05) is 32.0 Å². The molecule has 8 heteroatoms. The molecular formula is C12H20N4O3S. The van der Waals surface area contributed by atoms with E-state index in [1.54, 1.807) is 23.1 Å². The number of nitrogens with one attached hydrogen (secondary N) is 1. The van der Waals surface area contributed by atoms with Crippen LogP contribution in [-0.2, 0) is 21.4 Å². The highest BCUT2D eigenvalue weighted by atomic mass is 32.2. The molecule has 7 nitrogen and oxygen atoms in total. The third kappa shape index (κ3) is 4.31. The van der Waals surface area contributed by atoms with Gasteiger partial charge in [-0.15, -0.1) is 0 Å². The van der Waals surface area contributed by atoms with Crippen molar-refractivity contribution in [2.24, 2.45) is 5.92 Å². The van der Waals surface area contributed by atoms with Crippen molar-refractivity contribution in [1.29, 1.82) is 0 Å². The molecule has 1 aliphatic rings. The lowest BCUT2D eigenvalue weighted by molar-refractivity contribution is -0.122. The average molecular weight is 300 g/mol. The lowest BCUT2D eigenvalue weighted by Gasteiger charge is -2.30. The van der Waals surface area contributed by atoms with Crippen molar-refractivity contribution in [3.63, 3.8) is 0 Å². The maximum absolute atomic E-state index is 11.7. The minimum absolute atomic E-state index is 0.0701. The fourth-order valence-electron chi connectivity index (χ4n) is 2.30. The number of rotatable bonds is 5. The van der Waals surface area contributed by atoms with Crippen molar-refractivity contribution in [1.82, 2.24) is 19.4 Å². The number of carbonyl (C=O) groups is 1. The van der Waals surface area contributed by atoms with E-state index in [1.165, 1.54) is 10.6 Å². The van der Waals surface area contributed by atoms with Gasteiger partial charge in [-0.3, -0.25) is 9.48 Å². The monoisotopic (exact) mass is 300 g/mol. The summed E-state index contributed by atoms with van der Waals surface area (Å²) in [6.45, 7) is 1.89. The molecule has 2 rings (SSSR count). The topological polar surface area (TPSA) is 84.3 Å². The lowest BCUT2D eigenvalue weighted by atomic mass is 9.98. The number of nitrogens with zero attached hydrogens (tertiary/aromatic N) is 3. The maximum Gasteiger partial charge on any atom is 0.241 e. The summed E-state index contributed by atoms with van der Waals surface area (Å²) in [6, 6.07) is 1.77. The van der Waals surface area contributed by atoms with E-state index in [0.717, 1.165) is 12.8 Å². The van der Waals surface area contributed by atoms with Gasteiger partial charge in [0.2, 0.25) is 15.9 Å². The molecule has 1 fully saturated rings. The number of sulfonamides is 1. The first kappa shape index (κ1) is 15.0. The Morgan fingerprint density at radius 3 is 2.65 bits per heavy atom.